The molecule has 0 unspecified atom stereocenters. The van der Waals surface area contributed by atoms with E-state index in [-0.39, 0.29) is 18.1 Å². The van der Waals surface area contributed by atoms with E-state index in [9.17, 15) is 4.79 Å². The van der Waals surface area contributed by atoms with Gasteiger partial charge in [-0.05, 0) is 40.0 Å². The van der Waals surface area contributed by atoms with Crippen LogP contribution in [0.5, 0.6) is 0 Å². The molecule has 6 nitrogen and oxygen atoms in total. The molecule has 2 amide bonds. The van der Waals surface area contributed by atoms with Crippen molar-refractivity contribution in [2.75, 3.05) is 20.3 Å². The fourth-order valence-electron chi connectivity index (χ4n) is 3.36. The Morgan fingerprint density at radius 3 is 2.87 bits per heavy atom. The van der Waals surface area contributed by atoms with Crippen LogP contribution in [0.1, 0.15) is 62.0 Å². The van der Waals surface area contributed by atoms with Crippen LogP contribution in [-0.2, 0) is 4.74 Å². The van der Waals surface area contributed by atoms with E-state index in [0.29, 0.717) is 6.61 Å². The zero-order valence-electron chi connectivity index (χ0n) is 14.8. The van der Waals surface area contributed by atoms with Crippen LogP contribution in [0.25, 0.3) is 0 Å². The molecule has 1 aromatic rings. The van der Waals surface area contributed by atoms with Gasteiger partial charge in [0, 0.05) is 37.6 Å². The predicted molar refractivity (Wildman–Crippen MR) is 90.5 cm³/mol. The number of aryl methyl sites for hydroxylation is 2. The van der Waals surface area contributed by atoms with Crippen molar-refractivity contribution in [2.45, 2.75) is 65.0 Å². The Morgan fingerprint density at radius 1 is 1.43 bits per heavy atom. The highest BCUT2D eigenvalue weighted by atomic mass is 16.5. The molecule has 0 bridgehead atoms. The minimum Gasteiger partial charge on any atom is -0.385 e. The summed E-state index contributed by atoms with van der Waals surface area (Å²) in [5, 5.41) is 10.5. The molecule has 2 heterocycles. The Bertz CT molecular complexity index is 495. The summed E-state index contributed by atoms with van der Waals surface area (Å²) in [7, 11) is 1.68. The van der Waals surface area contributed by atoms with Gasteiger partial charge in [-0.15, -0.1) is 0 Å². The molecule has 1 aliphatic rings. The Kier molecular flexibility index (Phi) is 6.45. The molecule has 0 saturated carbocycles. The van der Waals surface area contributed by atoms with Gasteiger partial charge in [-0.1, -0.05) is 12.8 Å². The molecule has 0 aliphatic carbocycles. The maximum Gasteiger partial charge on any atom is 0.318 e. The summed E-state index contributed by atoms with van der Waals surface area (Å²) in [5.74, 6) is 0. The van der Waals surface area contributed by atoms with Crippen LogP contribution in [-0.4, -0.2) is 47.4 Å². The Labute approximate surface area is 139 Å². The quantitative estimate of drug-likeness (QED) is 0.875. The highest BCUT2D eigenvalue weighted by Gasteiger charge is 2.30. The number of hydrogen-bond donors (Lipinski definition) is 2. The first-order valence-electron chi connectivity index (χ1n) is 8.62. The van der Waals surface area contributed by atoms with Gasteiger partial charge >= 0.3 is 6.03 Å². The summed E-state index contributed by atoms with van der Waals surface area (Å²) < 4.78 is 5.09. The number of H-pyrrole nitrogens is 1. The molecule has 2 rings (SSSR count). The molecule has 130 valence electrons. The van der Waals surface area contributed by atoms with Gasteiger partial charge in [0.25, 0.3) is 0 Å². The first-order valence-corrected chi connectivity index (χ1v) is 8.62. The number of aromatic nitrogens is 2. The van der Waals surface area contributed by atoms with Crippen LogP contribution in [0.15, 0.2) is 0 Å². The van der Waals surface area contributed by atoms with E-state index in [1.807, 2.05) is 25.7 Å². The summed E-state index contributed by atoms with van der Waals surface area (Å²) in [4.78, 5) is 14.8. The smallest absolute Gasteiger partial charge is 0.318 e. The Morgan fingerprint density at radius 2 is 2.22 bits per heavy atom. The number of aromatic amines is 1. The van der Waals surface area contributed by atoms with Gasteiger partial charge in [-0.3, -0.25) is 5.10 Å². The SMILES string of the molecule is COCC[C@H](C)NC(=O)N1CCCCC[C@H]1c1c(C)n[nH]c1C. The highest BCUT2D eigenvalue weighted by molar-refractivity contribution is 5.75. The van der Waals surface area contributed by atoms with Crippen molar-refractivity contribution >= 4 is 6.03 Å². The van der Waals surface area contributed by atoms with Crippen LogP contribution in [0.3, 0.4) is 0 Å². The standard InChI is InChI=1S/C17H30N4O2/c1-12(9-11-23-4)18-17(22)21-10-7-5-6-8-15(21)16-13(2)19-20-14(16)3/h12,15H,5-11H2,1-4H3,(H,18,22)(H,19,20)/t12-,15-/m0/s1. The number of rotatable bonds is 5. The van der Waals surface area contributed by atoms with E-state index in [1.54, 1.807) is 7.11 Å². The molecule has 0 spiro atoms. The first kappa shape index (κ1) is 17.8. The van der Waals surface area contributed by atoms with Crippen LogP contribution in [0.2, 0.25) is 0 Å². The van der Waals surface area contributed by atoms with E-state index < -0.39 is 0 Å². The van der Waals surface area contributed by atoms with Crippen LogP contribution >= 0.6 is 0 Å². The Hall–Kier alpha value is -1.56. The van der Waals surface area contributed by atoms with Gasteiger partial charge in [0.15, 0.2) is 0 Å². The van der Waals surface area contributed by atoms with Crippen molar-refractivity contribution in [1.82, 2.24) is 20.4 Å². The third kappa shape index (κ3) is 4.47. The second-order valence-electron chi connectivity index (χ2n) is 6.54. The number of carbonyl (C=O) groups is 1. The average molecular weight is 322 g/mol. The van der Waals surface area contributed by atoms with E-state index in [2.05, 4.69) is 15.5 Å². The van der Waals surface area contributed by atoms with Crippen molar-refractivity contribution < 1.29 is 9.53 Å². The van der Waals surface area contributed by atoms with Crippen molar-refractivity contribution in [2.24, 2.45) is 0 Å². The maximum atomic E-state index is 12.8. The number of likely N-dealkylation sites (tertiary alicyclic amines) is 1. The van der Waals surface area contributed by atoms with E-state index in [1.165, 1.54) is 12.0 Å². The number of nitrogens with one attached hydrogen (secondary N) is 2. The minimum absolute atomic E-state index is 0.0282. The molecule has 1 saturated heterocycles. The van der Waals surface area contributed by atoms with E-state index in [4.69, 9.17) is 4.74 Å². The minimum atomic E-state index is 0.0282. The van der Waals surface area contributed by atoms with Crippen LogP contribution < -0.4 is 5.32 Å². The second-order valence-corrected chi connectivity index (χ2v) is 6.54. The Balaban J connectivity index is 2.13. The van der Waals surface area contributed by atoms with Crippen LogP contribution in [0.4, 0.5) is 4.79 Å². The topological polar surface area (TPSA) is 70.2 Å². The molecule has 2 atom stereocenters. The maximum absolute atomic E-state index is 12.8. The van der Waals surface area contributed by atoms with Gasteiger partial charge in [-0.25, -0.2) is 4.79 Å². The average Bonchev–Trinajstić information content (AvgIpc) is 2.73. The summed E-state index contributed by atoms with van der Waals surface area (Å²) in [5.41, 5.74) is 3.26. The largest absolute Gasteiger partial charge is 0.385 e. The summed E-state index contributed by atoms with van der Waals surface area (Å²) in [6.45, 7) is 7.54. The predicted octanol–water partition coefficient (Wildman–Crippen LogP) is 3.08. The van der Waals surface area contributed by atoms with E-state index >= 15 is 0 Å². The molecular weight excluding hydrogens is 292 g/mol. The van der Waals surface area contributed by atoms with Crippen molar-refractivity contribution in [3.63, 3.8) is 0 Å². The number of methoxy groups -OCH3 is 1. The molecule has 6 heteroatoms. The lowest BCUT2D eigenvalue weighted by Gasteiger charge is -2.32. The van der Waals surface area contributed by atoms with E-state index in [0.717, 1.165) is 43.6 Å². The number of nitrogens with zero attached hydrogens (tertiary/aromatic N) is 2. The number of ether oxygens (including phenoxy) is 1. The molecule has 23 heavy (non-hydrogen) atoms. The third-order valence-electron chi connectivity index (χ3n) is 4.66. The van der Waals surface area contributed by atoms with Crippen molar-refractivity contribution in [3.8, 4) is 0 Å². The van der Waals surface area contributed by atoms with Gasteiger partial charge < -0.3 is 15.0 Å². The third-order valence-corrected chi connectivity index (χ3v) is 4.66. The zero-order chi connectivity index (χ0) is 16.8. The summed E-state index contributed by atoms with van der Waals surface area (Å²) in [6.07, 6.45) is 5.21. The molecule has 1 fully saturated rings. The summed E-state index contributed by atoms with van der Waals surface area (Å²) in [6, 6.07) is 0.254. The lowest BCUT2D eigenvalue weighted by molar-refractivity contribution is 0.162. The summed E-state index contributed by atoms with van der Waals surface area (Å²) >= 11 is 0. The lowest BCUT2D eigenvalue weighted by Crippen LogP contribution is -2.46. The van der Waals surface area contributed by atoms with Crippen molar-refractivity contribution in [3.05, 3.63) is 17.0 Å². The fraction of sp³-hybridized carbons (Fsp3) is 0.765. The highest BCUT2D eigenvalue weighted by Crippen LogP contribution is 2.33. The van der Waals surface area contributed by atoms with Crippen molar-refractivity contribution in [1.29, 1.82) is 0 Å². The molecule has 0 aromatic carbocycles. The number of hydrogen-bond acceptors (Lipinski definition) is 3. The zero-order valence-corrected chi connectivity index (χ0v) is 14.8. The van der Waals surface area contributed by atoms with Gasteiger partial charge in [0.1, 0.15) is 0 Å². The molecule has 1 aromatic heterocycles. The number of amides is 2. The molecule has 1 aliphatic heterocycles. The monoisotopic (exact) mass is 322 g/mol. The number of carbonyl (C=O) groups excluding carboxylic acids is 1. The van der Waals surface area contributed by atoms with Gasteiger partial charge in [-0.2, -0.15) is 5.10 Å². The second kappa shape index (κ2) is 8.34. The molecule has 2 N–H and O–H groups in total. The first-order chi connectivity index (χ1) is 11.0. The fourth-order valence-corrected chi connectivity index (χ4v) is 3.36. The molecule has 0 radical (unpaired) electrons. The van der Waals surface area contributed by atoms with Crippen LogP contribution in [0, 0.1) is 13.8 Å². The lowest BCUT2D eigenvalue weighted by atomic mass is 9.99. The van der Waals surface area contributed by atoms with Gasteiger partial charge in [0.05, 0.1) is 11.7 Å². The van der Waals surface area contributed by atoms with Gasteiger partial charge in [0.2, 0.25) is 0 Å². The molecular formula is C17H30N4O2. The normalized spacial score (nSPS) is 20.2. The number of urea groups is 1.